The number of rotatable bonds is 4. The minimum absolute atomic E-state index is 0.128. The van der Waals surface area contributed by atoms with E-state index in [2.05, 4.69) is 15.4 Å². The summed E-state index contributed by atoms with van der Waals surface area (Å²) in [6.45, 7) is 0. The first-order chi connectivity index (χ1) is 11.5. The summed E-state index contributed by atoms with van der Waals surface area (Å²) < 4.78 is 6.50. The number of aromatic nitrogens is 3. The monoisotopic (exact) mass is 346 g/mol. The molecule has 0 bridgehead atoms. The fraction of sp³-hybridized carbons (Fsp3) is 0.188. The first-order valence-electron chi connectivity index (χ1n) is 7.18. The van der Waals surface area contributed by atoms with Gasteiger partial charge in [-0.15, -0.1) is 0 Å². The molecule has 2 N–H and O–H groups in total. The van der Waals surface area contributed by atoms with Gasteiger partial charge in [0, 0.05) is 30.4 Å². The number of carbonyl (C=O) groups is 1. The van der Waals surface area contributed by atoms with Gasteiger partial charge in [-0.05, 0) is 12.1 Å². The molecule has 1 aromatic carbocycles. The number of hydrogen-bond donors (Lipinski definition) is 2. The average molecular weight is 347 g/mol. The molecule has 3 rings (SSSR count). The first-order valence-corrected chi connectivity index (χ1v) is 7.56. The van der Waals surface area contributed by atoms with E-state index < -0.39 is 0 Å². The summed E-state index contributed by atoms with van der Waals surface area (Å²) in [7, 11) is 3.08. The molecule has 2 aromatic heterocycles. The van der Waals surface area contributed by atoms with Crippen molar-refractivity contribution >= 4 is 23.2 Å². The molecule has 124 valence electrons. The number of halogens is 1. The van der Waals surface area contributed by atoms with Crippen molar-refractivity contribution in [3.63, 3.8) is 0 Å². The van der Waals surface area contributed by atoms with Crippen molar-refractivity contribution in [1.29, 1.82) is 0 Å². The average Bonchev–Trinajstić information content (AvgIpc) is 2.98. The molecule has 0 unspecified atom stereocenters. The van der Waals surface area contributed by atoms with Crippen LogP contribution in [0, 0.1) is 0 Å². The lowest BCUT2D eigenvalue weighted by Crippen LogP contribution is -2.20. The van der Waals surface area contributed by atoms with Gasteiger partial charge in [0.15, 0.2) is 5.65 Å². The first kappa shape index (κ1) is 16.1. The van der Waals surface area contributed by atoms with E-state index in [1.807, 2.05) is 0 Å². The van der Waals surface area contributed by atoms with Gasteiger partial charge in [0.1, 0.15) is 5.75 Å². The van der Waals surface area contributed by atoms with Crippen LogP contribution in [0.5, 0.6) is 5.75 Å². The van der Waals surface area contributed by atoms with E-state index in [1.54, 1.807) is 31.4 Å². The zero-order valence-corrected chi connectivity index (χ0v) is 13.8. The van der Waals surface area contributed by atoms with E-state index in [0.29, 0.717) is 33.2 Å². The van der Waals surface area contributed by atoms with Crippen molar-refractivity contribution in [2.75, 3.05) is 14.2 Å². The van der Waals surface area contributed by atoms with Crippen LogP contribution in [-0.2, 0) is 11.2 Å². The smallest absolute Gasteiger partial charge is 0.273 e. The van der Waals surface area contributed by atoms with E-state index in [0.717, 1.165) is 0 Å². The quantitative estimate of drug-likeness (QED) is 0.751. The van der Waals surface area contributed by atoms with Crippen LogP contribution < -0.4 is 15.6 Å². The molecule has 3 aromatic rings. The zero-order chi connectivity index (χ0) is 17.3. The Balaban J connectivity index is 2.14. The molecule has 0 saturated carbocycles. The normalized spacial score (nSPS) is 10.8. The third-order valence-corrected chi connectivity index (χ3v) is 3.96. The molecule has 24 heavy (non-hydrogen) atoms. The molecule has 0 fully saturated rings. The molecule has 0 radical (unpaired) electrons. The standard InChI is InChI=1S/C16H15ClN4O3/c1-18-14(22)6-10-8-19-21-15(23)7-12(20-16(10)21)9-3-4-11(17)13(5-9)24-2/h3-5,7-8,19H,6H2,1-2H3,(H,18,22). The topological polar surface area (TPSA) is 88.5 Å². The number of nitrogens with one attached hydrogen (secondary N) is 2. The van der Waals surface area contributed by atoms with Crippen molar-refractivity contribution < 1.29 is 9.53 Å². The molecular formula is C16H15ClN4O3. The summed E-state index contributed by atoms with van der Waals surface area (Å²) in [6.07, 6.45) is 1.73. The van der Waals surface area contributed by atoms with E-state index >= 15 is 0 Å². The van der Waals surface area contributed by atoms with Crippen LogP contribution in [0.1, 0.15) is 5.56 Å². The molecule has 0 saturated heterocycles. The van der Waals surface area contributed by atoms with Crippen LogP contribution in [0.15, 0.2) is 35.3 Å². The molecule has 0 aliphatic rings. The Morgan fingerprint density at radius 3 is 2.92 bits per heavy atom. The molecule has 0 aliphatic carbocycles. The Kier molecular flexibility index (Phi) is 4.26. The van der Waals surface area contributed by atoms with Gasteiger partial charge < -0.3 is 10.1 Å². The summed E-state index contributed by atoms with van der Waals surface area (Å²) in [4.78, 5) is 28.4. The van der Waals surface area contributed by atoms with Gasteiger partial charge in [0.2, 0.25) is 5.91 Å². The number of ether oxygens (including phenoxy) is 1. The van der Waals surface area contributed by atoms with Crippen molar-refractivity contribution in [1.82, 2.24) is 19.9 Å². The van der Waals surface area contributed by atoms with Gasteiger partial charge in [-0.2, -0.15) is 0 Å². The fourth-order valence-corrected chi connectivity index (χ4v) is 2.58. The molecule has 7 nitrogen and oxygen atoms in total. The van der Waals surface area contributed by atoms with Gasteiger partial charge >= 0.3 is 0 Å². The molecule has 0 aliphatic heterocycles. The third kappa shape index (κ3) is 2.85. The Bertz CT molecular complexity index is 977. The highest BCUT2D eigenvalue weighted by atomic mass is 35.5. The van der Waals surface area contributed by atoms with Gasteiger partial charge in [0.05, 0.1) is 24.2 Å². The molecule has 0 atom stereocenters. The van der Waals surface area contributed by atoms with Crippen LogP contribution in [0.25, 0.3) is 16.9 Å². The predicted octanol–water partition coefficient (Wildman–Crippen LogP) is 1.64. The zero-order valence-electron chi connectivity index (χ0n) is 13.1. The number of likely N-dealkylation sites (N-methyl/N-ethyl adjacent to an activating group) is 1. The maximum Gasteiger partial charge on any atom is 0.273 e. The van der Waals surface area contributed by atoms with E-state index in [9.17, 15) is 9.59 Å². The Labute approximate surface area is 142 Å². The number of benzene rings is 1. The summed E-state index contributed by atoms with van der Waals surface area (Å²) in [5.74, 6) is 0.333. The molecule has 0 spiro atoms. The van der Waals surface area contributed by atoms with Gasteiger partial charge in [-0.3, -0.25) is 14.7 Å². The lowest BCUT2D eigenvalue weighted by atomic mass is 10.1. The molecule has 1 amide bonds. The van der Waals surface area contributed by atoms with Gasteiger partial charge in [-0.1, -0.05) is 17.7 Å². The number of fused-ring (bicyclic) bond motifs is 1. The number of nitrogens with zero attached hydrogens (tertiary/aromatic N) is 2. The number of aromatic amines is 1. The van der Waals surface area contributed by atoms with Crippen LogP contribution in [0.4, 0.5) is 0 Å². The van der Waals surface area contributed by atoms with Gasteiger partial charge in [0.25, 0.3) is 5.56 Å². The van der Waals surface area contributed by atoms with Gasteiger partial charge in [-0.25, -0.2) is 9.50 Å². The lowest BCUT2D eigenvalue weighted by molar-refractivity contribution is -0.119. The van der Waals surface area contributed by atoms with E-state index in [-0.39, 0.29) is 17.9 Å². The maximum atomic E-state index is 12.3. The van der Waals surface area contributed by atoms with Crippen LogP contribution in [0.3, 0.4) is 0 Å². The van der Waals surface area contributed by atoms with Crippen molar-refractivity contribution in [2.45, 2.75) is 6.42 Å². The Morgan fingerprint density at radius 2 is 2.21 bits per heavy atom. The maximum absolute atomic E-state index is 12.3. The Morgan fingerprint density at radius 1 is 1.42 bits per heavy atom. The lowest BCUT2D eigenvalue weighted by Gasteiger charge is -2.07. The Hall–Kier alpha value is -2.80. The second kappa shape index (κ2) is 6.37. The SMILES string of the molecule is CNC(=O)Cc1c[nH]n2c(=O)cc(-c3ccc(Cl)c(OC)c3)nc12. The molecule has 8 heteroatoms. The highest BCUT2D eigenvalue weighted by Crippen LogP contribution is 2.29. The van der Waals surface area contributed by atoms with Crippen molar-refractivity contribution in [3.8, 4) is 17.0 Å². The number of methoxy groups -OCH3 is 1. The minimum atomic E-state index is -0.271. The second-order valence-electron chi connectivity index (χ2n) is 5.14. The number of hydrogen-bond acceptors (Lipinski definition) is 4. The minimum Gasteiger partial charge on any atom is -0.495 e. The third-order valence-electron chi connectivity index (χ3n) is 3.65. The highest BCUT2D eigenvalue weighted by molar-refractivity contribution is 6.32. The van der Waals surface area contributed by atoms with E-state index in [1.165, 1.54) is 17.7 Å². The summed E-state index contributed by atoms with van der Waals surface area (Å²) in [6, 6.07) is 6.57. The van der Waals surface area contributed by atoms with Crippen molar-refractivity contribution in [2.24, 2.45) is 0 Å². The van der Waals surface area contributed by atoms with Crippen LogP contribution in [0.2, 0.25) is 5.02 Å². The van der Waals surface area contributed by atoms with E-state index in [4.69, 9.17) is 16.3 Å². The number of H-pyrrole nitrogens is 1. The molecular weight excluding hydrogens is 332 g/mol. The highest BCUT2D eigenvalue weighted by Gasteiger charge is 2.13. The predicted molar refractivity (Wildman–Crippen MR) is 90.6 cm³/mol. The largest absolute Gasteiger partial charge is 0.495 e. The summed E-state index contributed by atoms with van der Waals surface area (Å²) in [5, 5.41) is 5.84. The second-order valence-corrected chi connectivity index (χ2v) is 5.54. The van der Waals surface area contributed by atoms with Crippen LogP contribution in [-0.4, -0.2) is 34.7 Å². The summed E-state index contributed by atoms with van der Waals surface area (Å²) >= 11 is 6.03. The number of carbonyl (C=O) groups excluding carboxylic acids is 1. The molecule has 2 heterocycles. The fourth-order valence-electron chi connectivity index (χ4n) is 2.39. The summed E-state index contributed by atoms with van der Waals surface area (Å²) in [5.41, 5.74) is 1.95. The van der Waals surface area contributed by atoms with Crippen LogP contribution >= 0.6 is 11.6 Å². The number of amides is 1. The van der Waals surface area contributed by atoms with Crippen molar-refractivity contribution in [3.05, 3.63) is 51.4 Å².